The molecular formula is C17H20N2O2. The Bertz CT molecular complexity index is 622. The molecule has 0 radical (unpaired) electrons. The van der Waals surface area contributed by atoms with E-state index in [1.54, 1.807) is 12.1 Å². The second kappa shape index (κ2) is 6.12. The number of aromatic nitrogens is 2. The molecule has 0 unspecified atom stereocenters. The minimum Gasteiger partial charge on any atom is -0.507 e. The van der Waals surface area contributed by atoms with Gasteiger partial charge >= 0.3 is 0 Å². The predicted molar refractivity (Wildman–Crippen MR) is 81.4 cm³/mol. The second-order valence-electron chi connectivity index (χ2n) is 5.57. The first-order chi connectivity index (χ1) is 10.2. The van der Waals surface area contributed by atoms with Crippen molar-refractivity contribution in [2.24, 2.45) is 0 Å². The highest BCUT2D eigenvalue weighted by Crippen LogP contribution is 2.28. The molecule has 1 aromatic heterocycles. The SMILES string of the molecule is Cc1cc(OC2CCCCC2)nc(-c2ccccc2O)n1. The number of ether oxygens (including phenoxy) is 1. The summed E-state index contributed by atoms with van der Waals surface area (Å²) in [5, 5.41) is 9.95. The van der Waals surface area contributed by atoms with Crippen molar-refractivity contribution in [2.45, 2.75) is 45.1 Å². The Morgan fingerprint density at radius 3 is 2.62 bits per heavy atom. The molecule has 1 heterocycles. The van der Waals surface area contributed by atoms with Crippen molar-refractivity contribution in [3.63, 3.8) is 0 Å². The van der Waals surface area contributed by atoms with Crippen LogP contribution in [0.15, 0.2) is 30.3 Å². The molecule has 1 aromatic carbocycles. The fraction of sp³-hybridized carbons (Fsp3) is 0.412. The quantitative estimate of drug-likeness (QED) is 0.929. The normalized spacial score (nSPS) is 15.9. The van der Waals surface area contributed by atoms with Crippen LogP contribution in [-0.2, 0) is 0 Å². The van der Waals surface area contributed by atoms with Gasteiger partial charge in [-0.1, -0.05) is 18.6 Å². The van der Waals surface area contributed by atoms with Crippen molar-refractivity contribution in [1.29, 1.82) is 0 Å². The lowest BCUT2D eigenvalue weighted by atomic mass is 9.98. The van der Waals surface area contributed by atoms with Crippen LogP contribution in [0.5, 0.6) is 11.6 Å². The molecule has 1 N–H and O–H groups in total. The highest BCUT2D eigenvalue weighted by Gasteiger charge is 2.17. The molecule has 0 saturated heterocycles. The summed E-state index contributed by atoms with van der Waals surface area (Å²) in [6, 6.07) is 8.96. The van der Waals surface area contributed by atoms with Gasteiger partial charge in [0.1, 0.15) is 11.9 Å². The number of phenols is 1. The summed E-state index contributed by atoms with van der Waals surface area (Å²) in [6.07, 6.45) is 6.18. The lowest BCUT2D eigenvalue weighted by Crippen LogP contribution is -2.20. The largest absolute Gasteiger partial charge is 0.507 e. The van der Waals surface area contributed by atoms with E-state index in [-0.39, 0.29) is 11.9 Å². The Balaban J connectivity index is 1.87. The third-order valence-electron chi connectivity index (χ3n) is 3.82. The molecule has 0 bridgehead atoms. The van der Waals surface area contributed by atoms with Gasteiger partial charge in [0.2, 0.25) is 5.88 Å². The van der Waals surface area contributed by atoms with Gasteiger partial charge in [-0.3, -0.25) is 0 Å². The maximum Gasteiger partial charge on any atom is 0.217 e. The molecule has 0 amide bonds. The number of hydrogen-bond acceptors (Lipinski definition) is 4. The first-order valence-corrected chi connectivity index (χ1v) is 7.53. The second-order valence-corrected chi connectivity index (χ2v) is 5.57. The van der Waals surface area contributed by atoms with E-state index < -0.39 is 0 Å². The van der Waals surface area contributed by atoms with E-state index in [0.29, 0.717) is 17.3 Å². The summed E-state index contributed by atoms with van der Waals surface area (Å²) in [7, 11) is 0. The zero-order valence-electron chi connectivity index (χ0n) is 12.2. The van der Waals surface area contributed by atoms with E-state index >= 15 is 0 Å². The van der Waals surface area contributed by atoms with E-state index in [0.717, 1.165) is 18.5 Å². The summed E-state index contributed by atoms with van der Waals surface area (Å²) in [5.74, 6) is 1.30. The first-order valence-electron chi connectivity index (χ1n) is 7.53. The number of hydrogen-bond donors (Lipinski definition) is 1. The summed E-state index contributed by atoms with van der Waals surface area (Å²) < 4.78 is 6.01. The number of aryl methyl sites for hydroxylation is 1. The standard InChI is InChI=1S/C17H20N2O2/c1-12-11-16(21-13-7-3-2-4-8-13)19-17(18-12)14-9-5-6-10-15(14)20/h5-6,9-11,13,20H,2-4,7-8H2,1H3. The highest BCUT2D eigenvalue weighted by atomic mass is 16.5. The van der Waals surface area contributed by atoms with Gasteiger partial charge in [-0.05, 0) is 44.7 Å². The smallest absolute Gasteiger partial charge is 0.217 e. The molecule has 0 aliphatic heterocycles. The molecule has 1 saturated carbocycles. The Morgan fingerprint density at radius 1 is 1.10 bits per heavy atom. The molecule has 1 fully saturated rings. The third kappa shape index (κ3) is 3.32. The van der Waals surface area contributed by atoms with Gasteiger partial charge in [-0.15, -0.1) is 0 Å². The minimum atomic E-state index is 0.187. The van der Waals surface area contributed by atoms with Crippen LogP contribution in [0.4, 0.5) is 0 Å². The van der Waals surface area contributed by atoms with Gasteiger partial charge in [0.05, 0.1) is 5.56 Å². The van der Waals surface area contributed by atoms with E-state index in [2.05, 4.69) is 9.97 Å². The molecule has 4 nitrogen and oxygen atoms in total. The average Bonchev–Trinajstić information content (AvgIpc) is 2.48. The maximum absolute atomic E-state index is 9.95. The van der Waals surface area contributed by atoms with Gasteiger partial charge in [-0.2, -0.15) is 4.98 Å². The third-order valence-corrected chi connectivity index (χ3v) is 3.82. The molecule has 1 aliphatic rings. The number of rotatable bonds is 3. The van der Waals surface area contributed by atoms with Crippen LogP contribution in [0.25, 0.3) is 11.4 Å². The Hall–Kier alpha value is -2.10. The topological polar surface area (TPSA) is 55.2 Å². The fourth-order valence-corrected chi connectivity index (χ4v) is 2.74. The Morgan fingerprint density at radius 2 is 1.86 bits per heavy atom. The number of benzene rings is 1. The van der Waals surface area contributed by atoms with E-state index in [4.69, 9.17) is 4.74 Å². The van der Waals surface area contributed by atoms with E-state index in [1.807, 2.05) is 25.1 Å². The number of nitrogens with zero attached hydrogens (tertiary/aromatic N) is 2. The van der Waals surface area contributed by atoms with Crippen LogP contribution in [0.2, 0.25) is 0 Å². The van der Waals surface area contributed by atoms with Gasteiger partial charge in [0, 0.05) is 11.8 Å². The molecule has 21 heavy (non-hydrogen) atoms. The summed E-state index contributed by atoms with van der Waals surface area (Å²) in [4.78, 5) is 8.87. The van der Waals surface area contributed by atoms with Crippen LogP contribution < -0.4 is 4.74 Å². The number of phenolic OH excluding ortho intramolecular Hbond substituents is 1. The van der Waals surface area contributed by atoms with Crippen molar-refractivity contribution < 1.29 is 9.84 Å². The molecule has 2 aromatic rings. The van der Waals surface area contributed by atoms with Crippen molar-refractivity contribution in [3.05, 3.63) is 36.0 Å². The fourth-order valence-electron chi connectivity index (χ4n) is 2.74. The van der Waals surface area contributed by atoms with Gasteiger partial charge in [0.25, 0.3) is 0 Å². The van der Waals surface area contributed by atoms with Crippen molar-refractivity contribution >= 4 is 0 Å². The number of aromatic hydroxyl groups is 1. The average molecular weight is 284 g/mol. The maximum atomic E-state index is 9.95. The van der Waals surface area contributed by atoms with Gasteiger partial charge < -0.3 is 9.84 Å². The summed E-state index contributed by atoms with van der Waals surface area (Å²) in [6.45, 7) is 1.92. The molecule has 1 aliphatic carbocycles. The van der Waals surface area contributed by atoms with Crippen LogP contribution in [0, 0.1) is 6.92 Å². The molecule has 0 atom stereocenters. The monoisotopic (exact) mass is 284 g/mol. The highest BCUT2D eigenvalue weighted by molar-refractivity contribution is 5.63. The van der Waals surface area contributed by atoms with Gasteiger partial charge in [-0.25, -0.2) is 4.98 Å². The van der Waals surface area contributed by atoms with Crippen LogP contribution in [0.1, 0.15) is 37.8 Å². The zero-order valence-corrected chi connectivity index (χ0v) is 12.2. The Labute approximate surface area is 124 Å². The first kappa shape index (κ1) is 13.9. The van der Waals surface area contributed by atoms with Crippen molar-refractivity contribution in [1.82, 2.24) is 9.97 Å². The van der Waals surface area contributed by atoms with Crippen molar-refractivity contribution in [2.75, 3.05) is 0 Å². The Kier molecular flexibility index (Phi) is 4.04. The summed E-state index contributed by atoms with van der Waals surface area (Å²) >= 11 is 0. The van der Waals surface area contributed by atoms with Crippen LogP contribution in [0.3, 0.4) is 0 Å². The van der Waals surface area contributed by atoms with E-state index in [1.165, 1.54) is 19.3 Å². The minimum absolute atomic E-state index is 0.187. The summed E-state index contributed by atoms with van der Waals surface area (Å²) in [5.41, 5.74) is 1.48. The van der Waals surface area contributed by atoms with Crippen molar-refractivity contribution in [3.8, 4) is 23.0 Å². The van der Waals surface area contributed by atoms with Crippen LogP contribution >= 0.6 is 0 Å². The van der Waals surface area contributed by atoms with Gasteiger partial charge in [0.15, 0.2) is 5.82 Å². The molecule has 3 rings (SSSR count). The zero-order chi connectivity index (χ0) is 14.7. The lowest BCUT2D eigenvalue weighted by Gasteiger charge is -2.22. The predicted octanol–water partition coefficient (Wildman–Crippen LogP) is 3.87. The van der Waals surface area contributed by atoms with Crippen LogP contribution in [-0.4, -0.2) is 21.2 Å². The lowest BCUT2D eigenvalue weighted by molar-refractivity contribution is 0.148. The molecule has 110 valence electrons. The van der Waals surface area contributed by atoms with E-state index in [9.17, 15) is 5.11 Å². The molecule has 0 spiro atoms. The molecule has 4 heteroatoms. The molecular weight excluding hydrogens is 264 g/mol. The number of para-hydroxylation sites is 1.